The molecule has 1 saturated heterocycles. The van der Waals surface area contributed by atoms with Crippen LogP contribution in [0.5, 0.6) is 0 Å². The summed E-state index contributed by atoms with van der Waals surface area (Å²) in [5.41, 5.74) is 0.885. The Hall–Kier alpha value is -1.98. The van der Waals surface area contributed by atoms with Crippen LogP contribution in [-0.2, 0) is 11.2 Å². The summed E-state index contributed by atoms with van der Waals surface area (Å²) in [6.45, 7) is 0.232. The summed E-state index contributed by atoms with van der Waals surface area (Å²) >= 11 is 0. The molecule has 0 aliphatic carbocycles. The molecule has 2 aliphatic rings. The third-order valence-corrected chi connectivity index (χ3v) is 4.20. The van der Waals surface area contributed by atoms with Crippen LogP contribution < -0.4 is 0 Å². The van der Waals surface area contributed by atoms with E-state index in [-0.39, 0.29) is 18.5 Å². The van der Waals surface area contributed by atoms with Crippen molar-refractivity contribution in [3.05, 3.63) is 29.3 Å². The Morgan fingerprint density at radius 2 is 2.15 bits per heavy atom. The summed E-state index contributed by atoms with van der Waals surface area (Å²) in [7, 11) is 0. The topological polar surface area (TPSA) is 70.5 Å². The molecular weight excluding hydrogens is 263 g/mol. The Balaban J connectivity index is 1.93. The summed E-state index contributed by atoms with van der Waals surface area (Å²) in [4.78, 5) is 29.1. The predicted molar refractivity (Wildman–Crippen MR) is 67.7 cm³/mol. The van der Waals surface area contributed by atoms with Gasteiger partial charge in [0.2, 0.25) is 5.95 Å². The minimum Gasteiger partial charge on any atom is -0.481 e. The van der Waals surface area contributed by atoms with E-state index in [4.69, 9.17) is 5.11 Å². The first-order valence-electron chi connectivity index (χ1n) is 6.75. The molecule has 0 aromatic carbocycles. The summed E-state index contributed by atoms with van der Waals surface area (Å²) in [5, 5.41) is 9.12. The molecule has 0 unspecified atom stereocenters. The highest BCUT2D eigenvalue weighted by molar-refractivity contribution is 5.96. The van der Waals surface area contributed by atoms with Crippen LogP contribution in [-0.4, -0.2) is 39.5 Å². The summed E-state index contributed by atoms with van der Waals surface area (Å²) in [6.07, 6.45) is 2.53. The molecule has 1 aromatic rings. The quantitative estimate of drug-likeness (QED) is 0.790. The molecule has 3 heterocycles. The second-order valence-electron chi connectivity index (χ2n) is 5.39. The Kier molecular flexibility index (Phi) is 3.16. The lowest BCUT2D eigenvalue weighted by Crippen LogP contribution is -2.47. The number of carbonyl (C=O) groups is 2. The molecule has 5 nitrogen and oxygen atoms in total. The molecule has 1 fully saturated rings. The third-order valence-electron chi connectivity index (χ3n) is 4.20. The molecule has 1 N–H and O–H groups in total. The standard InChI is InChI=1S/C14H15FN2O3/c15-12-6-4-10-11(16-12)5-3-9-2-1-8(14(19)20)7-17(9)13(10)18/h4,6,8-9H,1-3,5,7H2,(H,19,20)/t8-,9+/m0/s1. The van der Waals surface area contributed by atoms with E-state index in [0.717, 1.165) is 0 Å². The number of pyridine rings is 1. The van der Waals surface area contributed by atoms with Crippen molar-refractivity contribution in [2.75, 3.05) is 6.54 Å². The minimum atomic E-state index is -0.863. The van der Waals surface area contributed by atoms with E-state index in [1.165, 1.54) is 12.1 Å². The highest BCUT2D eigenvalue weighted by Crippen LogP contribution is 2.30. The Labute approximate surface area is 115 Å². The summed E-state index contributed by atoms with van der Waals surface area (Å²) in [6, 6.07) is 2.66. The van der Waals surface area contributed by atoms with Crippen LogP contribution in [0.2, 0.25) is 0 Å². The maximum atomic E-state index is 13.2. The molecule has 20 heavy (non-hydrogen) atoms. The zero-order chi connectivity index (χ0) is 14.3. The van der Waals surface area contributed by atoms with Crippen LogP contribution in [0.15, 0.2) is 12.1 Å². The number of carbonyl (C=O) groups excluding carboxylic acids is 1. The first-order chi connectivity index (χ1) is 9.56. The van der Waals surface area contributed by atoms with Gasteiger partial charge >= 0.3 is 5.97 Å². The van der Waals surface area contributed by atoms with Gasteiger partial charge in [0.25, 0.3) is 5.91 Å². The molecule has 2 aliphatic heterocycles. The smallest absolute Gasteiger partial charge is 0.308 e. The summed E-state index contributed by atoms with van der Waals surface area (Å²) < 4.78 is 13.2. The van der Waals surface area contributed by atoms with E-state index in [1.54, 1.807) is 4.90 Å². The van der Waals surface area contributed by atoms with Crippen LogP contribution in [0.4, 0.5) is 4.39 Å². The van der Waals surface area contributed by atoms with Gasteiger partial charge in [-0.05, 0) is 37.8 Å². The number of aliphatic carboxylic acids is 1. The van der Waals surface area contributed by atoms with Crippen molar-refractivity contribution in [2.45, 2.75) is 31.7 Å². The number of carboxylic acids is 1. The number of amides is 1. The van der Waals surface area contributed by atoms with Gasteiger partial charge in [0.15, 0.2) is 0 Å². The molecule has 3 rings (SSSR count). The molecular formula is C14H15FN2O3. The lowest BCUT2D eigenvalue weighted by molar-refractivity contribution is -0.143. The van der Waals surface area contributed by atoms with Crippen molar-refractivity contribution in [2.24, 2.45) is 5.92 Å². The van der Waals surface area contributed by atoms with Gasteiger partial charge in [0.05, 0.1) is 17.2 Å². The Morgan fingerprint density at radius 1 is 1.35 bits per heavy atom. The van der Waals surface area contributed by atoms with Gasteiger partial charge in [-0.1, -0.05) is 0 Å². The first-order valence-corrected chi connectivity index (χ1v) is 6.75. The zero-order valence-corrected chi connectivity index (χ0v) is 10.9. The number of aromatic nitrogens is 1. The molecule has 2 atom stereocenters. The third kappa shape index (κ3) is 2.15. The van der Waals surface area contributed by atoms with E-state index in [1.807, 2.05) is 0 Å². The van der Waals surface area contributed by atoms with Gasteiger partial charge in [-0.15, -0.1) is 0 Å². The number of aryl methyl sites for hydroxylation is 1. The van der Waals surface area contributed by atoms with E-state index < -0.39 is 17.8 Å². The van der Waals surface area contributed by atoms with E-state index in [9.17, 15) is 14.0 Å². The first kappa shape index (κ1) is 13.0. The molecule has 1 amide bonds. The van der Waals surface area contributed by atoms with Crippen LogP contribution in [0.3, 0.4) is 0 Å². The summed E-state index contributed by atoms with van der Waals surface area (Å²) in [5.74, 6) is -2.18. The SMILES string of the molecule is O=C(O)[C@H]1CC[C@@H]2CCc3nc(F)ccc3C(=O)N2C1. The van der Waals surface area contributed by atoms with Crippen LogP contribution in [0.25, 0.3) is 0 Å². The molecule has 0 bridgehead atoms. The van der Waals surface area contributed by atoms with Crippen molar-refractivity contribution < 1.29 is 19.1 Å². The van der Waals surface area contributed by atoms with Crippen LogP contribution >= 0.6 is 0 Å². The number of fused-ring (bicyclic) bond motifs is 2. The highest BCUT2D eigenvalue weighted by atomic mass is 19.1. The van der Waals surface area contributed by atoms with Crippen molar-refractivity contribution in [3.8, 4) is 0 Å². The fraction of sp³-hybridized carbons (Fsp3) is 0.500. The fourth-order valence-electron chi connectivity index (χ4n) is 3.10. The minimum absolute atomic E-state index is 0.0374. The normalized spacial score (nSPS) is 25.6. The monoisotopic (exact) mass is 278 g/mol. The highest BCUT2D eigenvalue weighted by Gasteiger charge is 2.37. The second kappa shape index (κ2) is 4.85. The van der Waals surface area contributed by atoms with Gasteiger partial charge in [-0.2, -0.15) is 4.39 Å². The largest absolute Gasteiger partial charge is 0.481 e. The molecule has 106 valence electrons. The van der Waals surface area contributed by atoms with Gasteiger partial charge in [0.1, 0.15) is 0 Å². The van der Waals surface area contributed by atoms with Crippen molar-refractivity contribution in [1.29, 1.82) is 0 Å². The number of hydrogen-bond donors (Lipinski definition) is 1. The van der Waals surface area contributed by atoms with Crippen LogP contribution in [0.1, 0.15) is 35.3 Å². The van der Waals surface area contributed by atoms with Gasteiger partial charge < -0.3 is 10.0 Å². The van der Waals surface area contributed by atoms with Crippen molar-refractivity contribution >= 4 is 11.9 Å². The number of halogens is 1. The molecule has 6 heteroatoms. The van der Waals surface area contributed by atoms with E-state index in [2.05, 4.69) is 4.98 Å². The average Bonchev–Trinajstić information content (AvgIpc) is 2.56. The lowest BCUT2D eigenvalue weighted by atomic mass is 9.91. The van der Waals surface area contributed by atoms with Crippen LogP contribution in [0, 0.1) is 11.9 Å². The second-order valence-corrected chi connectivity index (χ2v) is 5.39. The van der Waals surface area contributed by atoms with Crippen molar-refractivity contribution in [3.63, 3.8) is 0 Å². The number of nitrogens with zero attached hydrogens (tertiary/aromatic N) is 2. The maximum absolute atomic E-state index is 13.2. The zero-order valence-electron chi connectivity index (χ0n) is 10.9. The Morgan fingerprint density at radius 3 is 2.90 bits per heavy atom. The Bertz CT molecular complexity index is 576. The number of carboxylic acid groups (broad SMARTS) is 1. The van der Waals surface area contributed by atoms with E-state index >= 15 is 0 Å². The predicted octanol–water partition coefficient (Wildman–Crippen LogP) is 1.47. The number of hydrogen-bond acceptors (Lipinski definition) is 3. The lowest BCUT2D eigenvalue weighted by Gasteiger charge is -2.37. The van der Waals surface area contributed by atoms with Gasteiger partial charge in [-0.3, -0.25) is 9.59 Å². The fourth-order valence-corrected chi connectivity index (χ4v) is 3.10. The van der Waals surface area contributed by atoms with E-state index in [0.29, 0.717) is 36.9 Å². The molecule has 1 aromatic heterocycles. The molecule has 0 radical (unpaired) electrons. The number of piperidine rings is 1. The van der Waals surface area contributed by atoms with Gasteiger partial charge in [0, 0.05) is 12.6 Å². The maximum Gasteiger partial charge on any atom is 0.308 e. The van der Waals surface area contributed by atoms with Crippen molar-refractivity contribution in [1.82, 2.24) is 9.88 Å². The average molecular weight is 278 g/mol. The number of rotatable bonds is 1. The van der Waals surface area contributed by atoms with Gasteiger partial charge in [-0.25, -0.2) is 4.98 Å². The molecule has 0 saturated carbocycles. The molecule has 0 spiro atoms.